The van der Waals surface area contributed by atoms with E-state index in [2.05, 4.69) is 91.6 Å². The molecule has 0 aliphatic carbocycles. The number of hydrogen-bond donors (Lipinski definition) is 0. The van der Waals surface area contributed by atoms with E-state index in [1.54, 1.807) is 0 Å². The maximum absolute atomic E-state index is 6.48. The van der Waals surface area contributed by atoms with Gasteiger partial charge in [0.1, 0.15) is 6.10 Å². The first-order valence-corrected chi connectivity index (χ1v) is 8.45. The molecule has 2 nitrogen and oxygen atoms in total. The zero-order chi connectivity index (χ0) is 17.1. The standard InChI is InChI=1S/C20H35NO/c1-15(2)18(19(4,5)6)21(20(7,8)9)22-16(3)17-13-11-10-12-14-17/h10-16,18H,1-9H3. The second-order valence-electron chi connectivity index (χ2n) is 8.71. The summed E-state index contributed by atoms with van der Waals surface area (Å²) in [7, 11) is 0. The van der Waals surface area contributed by atoms with Crippen LogP contribution in [0.3, 0.4) is 0 Å². The minimum Gasteiger partial charge on any atom is -0.290 e. The summed E-state index contributed by atoms with van der Waals surface area (Å²) in [5.74, 6) is 0.516. The molecule has 1 rings (SSSR count). The monoisotopic (exact) mass is 305 g/mol. The smallest absolute Gasteiger partial charge is 0.101 e. The van der Waals surface area contributed by atoms with Gasteiger partial charge in [-0.25, -0.2) is 0 Å². The van der Waals surface area contributed by atoms with Crippen LogP contribution < -0.4 is 0 Å². The van der Waals surface area contributed by atoms with Gasteiger partial charge in [-0.15, -0.1) is 0 Å². The molecule has 0 aliphatic rings. The fraction of sp³-hybridized carbons (Fsp3) is 0.700. The third-order valence-electron chi connectivity index (χ3n) is 3.97. The highest BCUT2D eigenvalue weighted by Gasteiger charge is 2.40. The fourth-order valence-corrected chi connectivity index (χ4v) is 3.22. The molecule has 2 atom stereocenters. The minimum atomic E-state index is -0.0503. The van der Waals surface area contributed by atoms with Crippen LogP contribution in [0.4, 0.5) is 0 Å². The van der Waals surface area contributed by atoms with E-state index in [9.17, 15) is 0 Å². The van der Waals surface area contributed by atoms with Gasteiger partial charge in [-0.2, -0.15) is 5.06 Å². The van der Waals surface area contributed by atoms with Crippen LogP contribution in [0.15, 0.2) is 30.3 Å². The molecular formula is C20H35NO. The summed E-state index contributed by atoms with van der Waals surface area (Å²) in [6.07, 6.45) is 0.0454. The topological polar surface area (TPSA) is 12.5 Å². The van der Waals surface area contributed by atoms with E-state index in [1.807, 2.05) is 6.07 Å². The van der Waals surface area contributed by atoms with E-state index in [4.69, 9.17) is 4.84 Å². The summed E-state index contributed by atoms with van der Waals surface area (Å²) >= 11 is 0. The van der Waals surface area contributed by atoms with Gasteiger partial charge in [0.15, 0.2) is 0 Å². The van der Waals surface area contributed by atoms with Crippen molar-refractivity contribution in [1.82, 2.24) is 5.06 Å². The van der Waals surface area contributed by atoms with Gasteiger partial charge in [0, 0.05) is 11.6 Å². The minimum absolute atomic E-state index is 0.0454. The molecule has 0 spiro atoms. The summed E-state index contributed by atoms with van der Waals surface area (Å²) < 4.78 is 0. The van der Waals surface area contributed by atoms with E-state index >= 15 is 0 Å². The van der Waals surface area contributed by atoms with Gasteiger partial charge in [-0.1, -0.05) is 65.0 Å². The van der Waals surface area contributed by atoms with Gasteiger partial charge in [0.2, 0.25) is 0 Å². The predicted molar refractivity (Wildman–Crippen MR) is 95.6 cm³/mol. The van der Waals surface area contributed by atoms with Crippen molar-refractivity contribution in [1.29, 1.82) is 0 Å². The Bertz CT molecular complexity index is 439. The molecule has 0 heterocycles. The van der Waals surface area contributed by atoms with Gasteiger partial charge in [0.05, 0.1) is 0 Å². The van der Waals surface area contributed by atoms with Crippen molar-refractivity contribution in [3.05, 3.63) is 35.9 Å². The Kier molecular flexibility index (Phi) is 6.23. The molecule has 126 valence electrons. The molecule has 0 N–H and O–H groups in total. The van der Waals surface area contributed by atoms with Crippen LogP contribution in [0.5, 0.6) is 0 Å². The zero-order valence-electron chi connectivity index (χ0n) is 16.0. The predicted octanol–water partition coefficient (Wildman–Crippen LogP) is 5.85. The van der Waals surface area contributed by atoms with Crippen LogP contribution in [0.2, 0.25) is 0 Å². The lowest BCUT2D eigenvalue weighted by atomic mass is 9.78. The van der Waals surface area contributed by atoms with Crippen molar-refractivity contribution in [2.24, 2.45) is 11.3 Å². The van der Waals surface area contributed by atoms with Crippen LogP contribution in [0.25, 0.3) is 0 Å². The molecule has 2 heteroatoms. The molecule has 0 fully saturated rings. The molecule has 1 aromatic carbocycles. The van der Waals surface area contributed by atoms with Gasteiger partial charge in [0.25, 0.3) is 0 Å². The van der Waals surface area contributed by atoms with Gasteiger partial charge >= 0.3 is 0 Å². The molecule has 0 amide bonds. The highest BCUT2D eigenvalue weighted by atomic mass is 16.7. The summed E-state index contributed by atoms with van der Waals surface area (Å²) in [6.45, 7) is 20.3. The summed E-state index contributed by atoms with van der Waals surface area (Å²) in [4.78, 5) is 6.48. The average molecular weight is 306 g/mol. The molecule has 2 unspecified atom stereocenters. The normalized spacial score (nSPS) is 16.1. The van der Waals surface area contributed by atoms with E-state index < -0.39 is 0 Å². The van der Waals surface area contributed by atoms with Crippen molar-refractivity contribution in [2.75, 3.05) is 0 Å². The Morgan fingerprint density at radius 2 is 1.36 bits per heavy atom. The SMILES string of the molecule is CC(ON(C(C(C)C)C(C)(C)C)C(C)(C)C)c1ccccc1. The molecule has 0 aliphatic heterocycles. The molecule has 0 aromatic heterocycles. The molecule has 0 saturated carbocycles. The van der Waals surface area contributed by atoms with Crippen LogP contribution in [0.1, 0.15) is 74.0 Å². The van der Waals surface area contributed by atoms with Crippen molar-refractivity contribution < 1.29 is 4.84 Å². The Balaban J connectivity index is 3.08. The third kappa shape index (κ3) is 5.10. The number of benzene rings is 1. The first-order valence-electron chi connectivity index (χ1n) is 8.45. The van der Waals surface area contributed by atoms with Crippen LogP contribution in [-0.4, -0.2) is 16.6 Å². The zero-order valence-corrected chi connectivity index (χ0v) is 16.0. The molecule has 0 radical (unpaired) electrons. The first-order chi connectivity index (χ1) is 9.94. The Hall–Kier alpha value is -0.860. The quantitative estimate of drug-likeness (QED) is 0.633. The van der Waals surface area contributed by atoms with E-state index in [0.717, 1.165) is 0 Å². The molecule has 1 aromatic rings. The maximum Gasteiger partial charge on any atom is 0.101 e. The van der Waals surface area contributed by atoms with E-state index in [0.29, 0.717) is 12.0 Å². The molecule has 0 saturated heterocycles. The number of hydrogen-bond acceptors (Lipinski definition) is 2. The molecule has 0 bridgehead atoms. The summed E-state index contributed by atoms with van der Waals surface area (Å²) in [5.41, 5.74) is 1.32. The summed E-state index contributed by atoms with van der Waals surface area (Å²) in [6, 6.07) is 10.8. The number of hydroxylamine groups is 2. The highest BCUT2D eigenvalue weighted by Crippen LogP contribution is 2.36. The van der Waals surface area contributed by atoms with Crippen LogP contribution in [-0.2, 0) is 4.84 Å². The van der Waals surface area contributed by atoms with E-state index in [-0.39, 0.29) is 17.1 Å². The van der Waals surface area contributed by atoms with Crippen molar-refractivity contribution in [3.8, 4) is 0 Å². The lowest BCUT2D eigenvalue weighted by Gasteiger charge is -2.49. The average Bonchev–Trinajstić information content (AvgIpc) is 2.35. The highest BCUT2D eigenvalue weighted by molar-refractivity contribution is 5.16. The molecule has 22 heavy (non-hydrogen) atoms. The second-order valence-corrected chi connectivity index (χ2v) is 8.71. The van der Waals surface area contributed by atoms with E-state index in [1.165, 1.54) is 5.56 Å². The Labute approximate surface area is 137 Å². The first kappa shape index (κ1) is 19.2. The van der Waals surface area contributed by atoms with Crippen LogP contribution >= 0.6 is 0 Å². The maximum atomic E-state index is 6.48. The third-order valence-corrected chi connectivity index (χ3v) is 3.97. The van der Waals surface area contributed by atoms with Gasteiger partial charge in [-0.3, -0.25) is 4.84 Å². The van der Waals surface area contributed by atoms with Crippen molar-refractivity contribution in [3.63, 3.8) is 0 Å². The fourth-order valence-electron chi connectivity index (χ4n) is 3.22. The lowest BCUT2D eigenvalue weighted by Crippen LogP contribution is -2.55. The number of rotatable bonds is 5. The van der Waals surface area contributed by atoms with Crippen molar-refractivity contribution >= 4 is 0 Å². The Morgan fingerprint density at radius 3 is 1.73 bits per heavy atom. The Morgan fingerprint density at radius 1 is 0.864 bits per heavy atom. The van der Waals surface area contributed by atoms with Crippen LogP contribution in [0, 0.1) is 11.3 Å². The summed E-state index contributed by atoms with van der Waals surface area (Å²) in [5, 5.41) is 2.23. The lowest BCUT2D eigenvalue weighted by molar-refractivity contribution is -0.285. The largest absolute Gasteiger partial charge is 0.290 e. The number of nitrogens with zero attached hydrogens (tertiary/aromatic N) is 1. The van der Waals surface area contributed by atoms with Gasteiger partial charge < -0.3 is 0 Å². The second kappa shape index (κ2) is 7.14. The van der Waals surface area contributed by atoms with Gasteiger partial charge in [-0.05, 0) is 44.6 Å². The van der Waals surface area contributed by atoms with Crippen molar-refractivity contribution in [2.45, 2.75) is 80.0 Å². The molecular weight excluding hydrogens is 270 g/mol.